The lowest BCUT2D eigenvalue weighted by atomic mass is 10.1. The van der Waals surface area contributed by atoms with Crippen molar-refractivity contribution >= 4 is 11.7 Å². The summed E-state index contributed by atoms with van der Waals surface area (Å²) >= 11 is 0. The van der Waals surface area contributed by atoms with Crippen LogP contribution in [0.5, 0.6) is 0 Å². The summed E-state index contributed by atoms with van der Waals surface area (Å²) in [6.07, 6.45) is 2.31. The van der Waals surface area contributed by atoms with Crippen molar-refractivity contribution in [1.82, 2.24) is 4.90 Å². The lowest BCUT2D eigenvalue weighted by Gasteiger charge is -2.29. The average molecular weight is 280 g/mol. The van der Waals surface area contributed by atoms with E-state index in [0.717, 1.165) is 32.1 Å². The second-order valence-electron chi connectivity index (χ2n) is 5.27. The maximum atomic E-state index is 13.2. The number of likely N-dealkylation sites (tertiary alicyclic amines) is 1. The molecule has 0 aromatic heterocycles. The minimum Gasteiger partial charge on any atom is -0.478 e. The SMILES string of the molecule is CCN1CCCC1CN(C)c1ccc(F)cc1C(=O)O. The van der Waals surface area contributed by atoms with Gasteiger partial charge in [0.15, 0.2) is 0 Å². The Bertz CT molecular complexity index is 493. The Morgan fingerprint density at radius 1 is 1.55 bits per heavy atom. The molecule has 1 atom stereocenters. The van der Waals surface area contributed by atoms with Crippen molar-refractivity contribution in [3.8, 4) is 0 Å². The van der Waals surface area contributed by atoms with Gasteiger partial charge < -0.3 is 10.0 Å². The van der Waals surface area contributed by atoms with Crippen LogP contribution in [0.3, 0.4) is 0 Å². The van der Waals surface area contributed by atoms with Gasteiger partial charge >= 0.3 is 5.97 Å². The third kappa shape index (κ3) is 3.10. The second kappa shape index (κ2) is 6.22. The molecular formula is C15H21FN2O2. The molecule has 1 aliphatic heterocycles. The Balaban J connectivity index is 2.16. The highest BCUT2D eigenvalue weighted by molar-refractivity contribution is 5.94. The number of benzene rings is 1. The van der Waals surface area contributed by atoms with Gasteiger partial charge in [0, 0.05) is 19.6 Å². The lowest BCUT2D eigenvalue weighted by Crippen LogP contribution is -2.39. The molecule has 1 aromatic rings. The standard InChI is InChI=1S/C15H21FN2O2/c1-3-18-8-4-5-12(18)10-17(2)14-7-6-11(16)9-13(14)15(19)20/h6-7,9,12H,3-5,8,10H2,1-2H3,(H,19,20). The molecule has 1 heterocycles. The first-order valence-corrected chi connectivity index (χ1v) is 7.01. The maximum Gasteiger partial charge on any atom is 0.337 e. The van der Waals surface area contributed by atoms with Crippen LogP contribution in [0.2, 0.25) is 0 Å². The molecule has 0 aliphatic carbocycles. The van der Waals surface area contributed by atoms with E-state index in [0.29, 0.717) is 11.7 Å². The van der Waals surface area contributed by atoms with Gasteiger partial charge in [0.2, 0.25) is 0 Å². The van der Waals surface area contributed by atoms with Gasteiger partial charge in [-0.25, -0.2) is 9.18 Å². The highest BCUT2D eigenvalue weighted by atomic mass is 19.1. The minimum absolute atomic E-state index is 0.0218. The summed E-state index contributed by atoms with van der Waals surface area (Å²) in [4.78, 5) is 15.6. The summed E-state index contributed by atoms with van der Waals surface area (Å²) < 4.78 is 13.2. The van der Waals surface area contributed by atoms with Crippen LogP contribution in [0.1, 0.15) is 30.1 Å². The third-order valence-corrected chi connectivity index (χ3v) is 3.99. The van der Waals surface area contributed by atoms with Gasteiger partial charge in [-0.3, -0.25) is 4.90 Å². The first-order chi connectivity index (χ1) is 9.52. The predicted molar refractivity (Wildman–Crippen MR) is 76.9 cm³/mol. The van der Waals surface area contributed by atoms with Crippen LogP contribution >= 0.6 is 0 Å². The fourth-order valence-corrected chi connectivity index (χ4v) is 2.95. The number of hydrogen-bond acceptors (Lipinski definition) is 3. The molecule has 4 nitrogen and oxygen atoms in total. The minimum atomic E-state index is -1.09. The summed E-state index contributed by atoms with van der Waals surface area (Å²) in [5.41, 5.74) is 0.593. The molecule has 1 aromatic carbocycles. The molecule has 5 heteroatoms. The molecule has 2 rings (SSSR count). The molecule has 0 bridgehead atoms. The number of likely N-dealkylation sites (N-methyl/N-ethyl adjacent to an activating group) is 2. The molecule has 0 radical (unpaired) electrons. The number of halogens is 1. The third-order valence-electron chi connectivity index (χ3n) is 3.99. The number of carboxylic acid groups (broad SMARTS) is 1. The van der Waals surface area contributed by atoms with E-state index in [9.17, 15) is 14.3 Å². The highest BCUT2D eigenvalue weighted by Crippen LogP contribution is 2.24. The van der Waals surface area contributed by atoms with Crippen molar-refractivity contribution in [3.63, 3.8) is 0 Å². The molecule has 1 unspecified atom stereocenters. The smallest absolute Gasteiger partial charge is 0.337 e. The van der Waals surface area contributed by atoms with Gasteiger partial charge in [0.05, 0.1) is 11.3 Å². The molecule has 0 amide bonds. The van der Waals surface area contributed by atoms with Gasteiger partial charge in [0.25, 0.3) is 0 Å². The van der Waals surface area contributed by atoms with Crippen LogP contribution in [0, 0.1) is 5.82 Å². The van der Waals surface area contributed by atoms with E-state index < -0.39 is 11.8 Å². The van der Waals surface area contributed by atoms with E-state index in [4.69, 9.17) is 0 Å². The average Bonchev–Trinajstić information content (AvgIpc) is 2.85. The van der Waals surface area contributed by atoms with Crippen molar-refractivity contribution in [1.29, 1.82) is 0 Å². The zero-order valence-corrected chi connectivity index (χ0v) is 12.0. The molecule has 1 saturated heterocycles. The Morgan fingerprint density at radius 3 is 2.95 bits per heavy atom. The van der Waals surface area contributed by atoms with E-state index >= 15 is 0 Å². The van der Waals surface area contributed by atoms with E-state index in [1.807, 2.05) is 11.9 Å². The quantitative estimate of drug-likeness (QED) is 0.899. The second-order valence-corrected chi connectivity index (χ2v) is 5.27. The van der Waals surface area contributed by atoms with Gasteiger partial charge in [-0.2, -0.15) is 0 Å². The Hall–Kier alpha value is -1.62. The molecule has 1 fully saturated rings. The first kappa shape index (κ1) is 14.8. The largest absolute Gasteiger partial charge is 0.478 e. The number of nitrogens with zero attached hydrogens (tertiary/aromatic N) is 2. The number of anilines is 1. The molecule has 110 valence electrons. The topological polar surface area (TPSA) is 43.8 Å². The molecular weight excluding hydrogens is 259 g/mol. The monoisotopic (exact) mass is 280 g/mol. The normalized spacial score (nSPS) is 19.2. The summed E-state index contributed by atoms with van der Waals surface area (Å²) in [5.74, 6) is -1.61. The Labute approximate surface area is 118 Å². The van der Waals surface area contributed by atoms with E-state index in [1.54, 1.807) is 6.07 Å². The van der Waals surface area contributed by atoms with E-state index in [-0.39, 0.29) is 5.56 Å². The van der Waals surface area contributed by atoms with Gasteiger partial charge in [0.1, 0.15) is 5.82 Å². The van der Waals surface area contributed by atoms with Crippen molar-refractivity contribution in [2.45, 2.75) is 25.8 Å². The van der Waals surface area contributed by atoms with E-state index in [1.165, 1.54) is 12.5 Å². The molecule has 1 N–H and O–H groups in total. The Morgan fingerprint density at radius 2 is 2.30 bits per heavy atom. The van der Waals surface area contributed by atoms with Crippen molar-refractivity contribution in [3.05, 3.63) is 29.6 Å². The van der Waals surface area contributed by atoms with Crippen LogP contribution in [0.25, 0.3) is 0 Å². The summed E-state index contributed by atoms with van der Waals surface area (Å²) in [6, 6.07) is 4.38. The fraction of sp³-hybridized carbons (Fsp3) is 0.533. The molecule has 20 heavy (non-hydrogen) atoms. The first-order valence-electron chi connectivity index (χ1n) is 7.01. The number of carbonyl (C=O) groups is 1. The Kier molecular flexibility index (Phi) is 4.60. The number of hydrogen-bond donors (Lipinski definition) is 1. The summed E-state index contributed by atoms with van der Waals surface area (Å²) in [5, 5.41) is 9.19. The molecule has 0 saturated carbocycles. The lowest BCUT2D eigenvalue weighted by molar-refractivity contribution is 0.0697. The van der Waals surface area contributed by atoms with Crippen molar-refractivity contribution < 1.29 is 14.3 Å². The van der Waals surface area contributed by atoms with Crippen LogP contribution in [-0.2, 0) is 0 Å². The van der Waals surface area contributed by atoms with Crippen molar-refractivity contribution in [2.24, 2.45) is 0 Å². The molecule has 0 spiro atoms. The van der Waals surface area contributed by atoms with E-state index in [2.05, 4.69) is 11.8 Å². The van der Waals surface area contributed by atoms with Crippen LogP contribution in [0.4, 0.5) is 10.1 Å². The summed E-state index contributed by atoms with van der Waals surface area (Å²) in [6.45, 7) is 5.01. The summed E-state index contributed by atoms with van der Waals surface area (Å²) in [7, 11) is 1.87. The maximum absolute atomic E-state index is 13.2. The number of rotatable bonds is 5. The highest BCUT2D eigenvalue weighted by Gasteiger charge is 2.25. The molecule has 1 aliphatic rings. The fourth-order valence-electron chi connectivity index (χ4n) is 2.95. The van der Waals surface area contributed by atoms with Crippen LogP contribution < -0.4 is 4.90 Å². The van der Waals surface area contributed by atoms with Gasteiger partial charge in [-0.05, 0) is 44.1 Å². The van der Waals surface area contributed by atoms with Crippen LogP contribution in [-0.4, -0.2) is 48.7 Å². The van der Waals surface area contributed by atoms with Gasteiger partial charge in [-0.15, -0.1) is 0 Å². The van der Waals surface area contributed by atoms with Crippen LogP contribution in [0.15, 0.2) is 18.2 Å². The predicted octanol–water partition coefficient (Wildman–Crippen LogP) is 2.44. The zero-order chi connectivity index (χ0) is 14.7. The number of aromatic carboxylic acids is 1. The van der Waals surface area contributed by atoms with Crippen molar-refractivity contribution in [2.75, 3.05) is 31.6 Å². The van der Waals surface area contributed by atoms with Gasteiger partial charge in [-0.1, -0.05) is 6.92 Å². The zero-order valence-electron chi connectivity index (χ0n) is 12.0. The number of carboxylic acids is 1.